The summed E-state index contributed by atoms with van der Waals surface area (Å²) < 4.78 is 6.07. The maximum Gasteiger partial charge on any atom is 0.265 e. The van der Waals surface area contributed by atoms with Gasteiger partial charge in [-0.25, -0.2) is 0 Å². The van der Waals surface area contributed by atoms with Gasteiger partial charge in [-0.05, 0) is 68.5 Å². The second kappa shape index (κ2) is 10.3. The molecule has 35 heavy (non-hydrogen) atoms. The van der Waals surface area contributed by atoms with E-state index in [0.717, 1.165) is 32.4 Å². The Bertz CT molecular complexity index is 1090. The van der Waals surface area contributed by atoms with Crippen LogP contribution >= 0.6 is 11.6 Å². The molecule has 5 rings (SSSR count). The summed E-state index contributed by atoms with van der Waals surface area (Å²) in [5, 5.41) is 0.591. The largest absolute Gasteiger partial charge is 0.476 e. The lowest BCUT2D eigenvalue weighted by Gasteiger charge is -2.39. The van der Waals surface area contributed by atoms with Crippen molar-refractivity contribution in [2.75, 3.05) is 37.6 Å². The zero-order valence-corrected chi connectivity index (χ0v) is 20.5. The van der Waals surface area contributed by atoms with Gasteiger partial charge >= 0.3 is 0 Å². The van der Waals surface area contributed by atoms with Crippen LogP contribution in [0.4, 0.5) is 5.69 Å². The number of halogens is 1. The first-order valence-corrected chi connectivity index (χ1v) is 12.8. The summed E-state index contributed by atoms with van der Waals surface area (Å²) in [4.78, 5) is 45.1. The molecular weight excluding hydrogens is 466 g/mol. The first kappa shape index (κ1) is 23.7. The van der Waals surface area contributed by atoms with Crippen LogP contribution in [-0.4, -0.2) is 66.3 Å². The average molecular weight is 496 g/mol. The van der Waals surface area contributed by atoms with Gasteiger partial charge in [0.1, 0.15) is 5.75 Å². The molecule has 3 amide bonds. The van der Waals surface area contributed by atoms with Crippen molar-refractivity contribution in [3.63, 3.8) is 0 Å². The molecule has 184 valence electrons. The van der Waals surface area contributed by atoms with E-state index in [1.807, 2.05) is 29.2 Å². The average Bonchev–Trinajstić information content (AvgIpc) is 2.92. The van der Waals surface area contributed by atoms with E-state index in [2.05, 4.69) is 0 Å². The number of amides is 3. The van der Waals surface area contributed by atoms with Gasteiger partial charge in [0.2, 0.25) is 5.91 Å². The van der Waals surface area contributed by atoms with Crippen LogP contribution in [0.15, 0.2) is 48.5 Å². The number of piperidine rings is 2. The molecule has 0 spiro atoms. The van der Waals surface area contributed by atoms with Crippen molar-refractivity contribution >= 4 is 35.0 Å². The normalized spacial score (nSPS) is 20.7. The minimum atomic E-state index is -0.696. The highest BCUT2D eigenvalue weighted by molar-refractivity contribution is 6.30. The smallest absolute Gasteiger partial charge is 0.265 e. The molecule has 0 aromatic heterocycles. The SMILES string of the molecule is O=C(c1ccc(Cl)cc1)N1CCC(C(=O)N2C[C@H](C(=O)N3CCCCC3)Oc3ccccc32)CC1. The second-order valence-electron chi connectivity index (χ2n) is 9.48. The van der Waals surface area contributed by atoms with E-state index < -0.39 is 6.10 Å². The number of carbonyl (C=O) groups excluding carboxylic acids is 3. The summed E-state index contributed by atoms with van der Waals surface area (Å²) in [6, 6.07) is 14.3. The van der Waals surface area contributed by atoms with Crippen LogP contribution in [-0.2, 0) is 9.59 Å². The number of benzene rings is 2. The third-order valence-electron chi connectivity index (χ3n) is 7.21. The van der Waals surface area contributed by atoms with Crippen LogP contribution in [0.3, 0.4) is 0 Å². The minimum Gasteiger partial charge on any atom is -0.476 e. The molecule has 2 aromatic carbocycles. The summed E-state index contributed by atoms with van der Waals surface area (Å²) in [5.74, 6) is 0.270. The Morgan fingerprint density at radius 3 is 2.20 bits per heavy atom. The number of likely N-dealkylation sites (tertiary alicyclic amines) is 2. The Labute approximate surface area is 210 Å². The van der Waals surface area contributed by atoms with Gasteiger partial charge in [-0.15, -0.1) is 0 Å². The van der Waals surface area contributed by atoms with Gasteiger partial charge in [0.05, 0.1) is 12.2 Å². The number of fused-ring (bicyclic) bond motifs is 1. The van der Waals surface area contributed by atoms with E-state index in [0.29, 0.717) is 48.0 Å². The zero-order valence-electron chi connectivity index (χ0n) is 19.7. The Kier molecular flexibility index (Phi) is 6.95. The molecule has 3 heterocycles. The van der Waals surface area contributed by atoms with Crippen LogP contribution in [0.1, 0.15) is 42.5 Å². The van der Waals surface area contributed by atoms with Crippen LogP contribution in [0, 0.1) is 5.92 Å². The highest BCUT2D eigenvalue weighted by Crippen LogP contribution is 2.36. The summed E-state index contributed by atoms with van der Waals surface area (Å²) >= 11 is 5.94. The number of hydrogen-bond donors (Lipinski definition) is 0. The van der Waals surface area contributed by atoms with Gasteiger partial charge in [-0.3, -0.25) is 14.4 Å². The molecule has 3 aliphatic heterocycles. The molecular formula is C27H30ClN3O4. The fourth-order valence-electron chi connectivity index (χ4n) is 5.21. The number of anilines is 1. The summed E-state index contributed by atoms with van der Waals surface area (Å²) in [6.45, 7) is 2.73. The third kappa shape index (κ3) is 5.01. The molecule has 0 aliphatic carbocycles. The van der Waals surface area contributed by atoms with Gasteiger partial charge < -0.3 is 19.4 Å². The van der Waals surface area contributed by atoms with E-state index in [1.54, 1.807) is 34.1 Å². The molecule has 3 aliphatic rings. The third-order valence-corrected chi connectivity index (χ3v) is 7.46. The highest BCUT2D eigenvalue weighted by atomic mass is 35.5. The number of hydrogen-bond acceptors (Lipinski definition) is 4. The Hall–Kier alpha value is -3.06. The van der Waals surface area contributed by atoms with E-state index in [9.17, 15) is 14.4 Å². The fraction of sp³-hybridized carbons (Fsp3) is 0.444. The van der Waals surface area contributed by atoms with Gasteiger partial charge in [0, 0.05) is 42.7 Å². The van der Waals surface area contributed by atoms with Gasteiger partial charge in [-0.2, -0.15) is 0 Å². The van der Waals surface area contributed by atoms with Gasteiger partial charge in [0.25, 0.3) is 11.8 Å². The molecule has 0 radical (unpaired) electrons. The molecule has 0 bridgehead atoms. The van der Waals surface area contributed by atoms with Crippen LogP contribution in [0.5, 0.6) is 5.75 Å². The maximum atomic E-state index is 13.7. The summed E-state index contributed by atoms with van der Waals surface area (Å²) in [5.41, 5.74) is 1.31. The predicted molar refractivity (Wildman–Crippen MR) is 134 cm³/mol. The first-order chi connectivity index (χ1) is 17.0. The first-order valence-electron chi connectivity index (χ1n) is 12.4. The number of nitrogens with zero attached hydrogens (tertiary/aromatic N) is 3. The monoisotopic (exact) mass is 495 g/mol. The molecule has 7 nitrogen and oxygen atoms in total. The van der Waals surface area contributed by atoms with Crippen molar-refractivity contribution < 1.29 is 19.1 Å². The van der Waals surface area contributed by atoms with E-state index in [-0.39, 0.29) is 30.2 Å². The lowest BCUT2D eigenvalue weighted by molar-refractivity contribution is -0.139. The van der Waals surface area contributed by atoms with Crippen LogP contribution in [0.2, 0.25) is 5.02 Å². The minimum absolute atomic E-state index is 0.00390. The quantitative estimate of drug-likeness (QED) is 0.645. The van der Waals surface area contributed by atoms with Crippen molar-refractivity contribution in [1.82, 2.24) is 9.80 Å². The van der Waals surface area contributed by atoms with E-state index >= 15 is 0 Å². The van der Waals surface area contributed by atoms with Crippen LogP contribution < -0.4 is 9.64 Å². The van der Waals surface area contributed by atoms with Crippen molar-refractivity contribution in [2.24, 2.45) is 5.92 Å². The topological polar surface area (TPSA) is 70.2 Å². The van der Waals surface area contributed by atoms with Crippen molar-refractivity contribution in [1.29, 1.82) is 0 Å². The van der Waals surface area contributed by atoms with Crippen molar-refractivity contribution in [3.8, 4) is 5.75 Å². The Morgan fingerprint density at radius 2 is 1.49 bits per heavy atom. The molecule has 0 unspecified atom stereocenters. The molecule has 0 N–H and O–H groups in total. The molecule has 1 atom stereocenters. The standard InChI is InChI=1S/C27H30ClN3O4/c28-21-10-8-19(9-11-21)25(32)30-16-12-20(13-17-30)26(33)31-18-24(27(34)29-14-4-1-5-15-29)35-23-7-3-2-6-22(23)31/h2-3,6-11,20,24H,1,4-5,12-18H2/t24-/m1/s1. The summed E-state index contributed by atoms with van der Waals surface area (Å²) in [6.07, 6.45) is 3.63. The van der Waals surface area contributed by atoms with Gasteiger partial charge in [0.15, 0.2) is 6.10 Å². The number of ether oxygens (including phenoxy) is 1. The predicted octanol–water partition coefficient (Wildman–Crippen LogP) is 4.00. The summed E-state index contributed by atoms with van der Waals surface area (Å²) in [7, 11) is 0. The lowest BCUT2D eigenvalue weighted by Crippen LogP contribution is -2.54. The maximum absolute atomic E-state index is 13.7. The van der Waals surface area contributed by atoms with E-state index in [1.165, 1.54) is 0 Å². The Balaban J connectivity index is 1.27. The molecule has 8 heteroatoms. The van der Waals surface area contributed by atoms with Gasteiger partial charge in [-0.1, -0.05) is 23.7 Å². The Morgan fingerprint density at radius 1 is 0.800 bits per heavy atom. The number of carbonyl (C=O) groups is 3. The fourth-order valence-corrected chi connectivity index (χ4v) is 5.34. The van der Waals surface area contributed by atoms with Crippen molar-refractivity contribution in [2.45, 2.75) is 38.2 Å². The van der Waals surface area contributed by atoms with E-state index in [4.69, 9.17) is 16.3 Å². The van der Waals surface area contributed by atoms with Crippen LogP contribution in [0.25, 0.3) is 0 Å². The highest BCUT2D eigenvalue weighted by Gasteiger charge is 2.39. The molecule has 2 saturated heterocycles. The zero-order chi connectivity index (χ0) is 24.4. The number of rotatable bonds is 3. The molecule has 0 saturated carbocycles. The lowest BCUT2D eigenvalue weighted by atomic mass is 9.94. The number of para-hydroxylation sites is 2. The molecule has 2 fully saturated rings. The second-order valence-corrected chi connectivity index (χ2v) is 9.92. The molecule has 2 aromatic rings. The van der Waals surface area contributed by atoms with Crippen molar-refractivity contribution in [3.05, 3.63) is 59.1 Å².